The highest BCUT2D eigenvalue weighted by molar-refractivity contribution is 5.96. The minimum Gasteiger partial charge on any atom is -0.468 e. The molecule has 0 bridgehead atoms. The Kier molecular flexibility index (Phi) is 4.99. The van der Waals surface area contributed by atoms with Crippen LogP contribution < -0.4 is 0 Å². The maximum atomic E-state index is 12.1. The van der Waals surface area contributed by atoms with E-state index in [4.69, 9.17) is 0 Å². The molecule has 0 atom stereocenters. The molecular weight excluding hydrogens is 252 g/mol. The number of hydrogen-bond acceptors (Lipinski definition) is 5. The lowest BCUT2D eigenvalue weighted by atomic mass is 10.2. The number of nitro groups is 1. The molecule has 0 spiro atoms. The molecule has 0 N–H and O–H groups in total. The van der Waals surface area contributed by atoms with Crippen LogP contribution in [0.25, 0.3) is 0 Å². The van der Waals surface area contributed by atoms with Crippen LogP contribution in [0, 0.1) is 10.1 Å². The predicted octanol–water partition coefficient (Wildman–Crippen LogP) is 1.23. The number of carbonyl (C=O) groups is 2. The molecule has 0 aliphatic carbocycles. The highest BCUT2D eigenvalue weighted by Crippen LogP contribution is 2.13. The van der Waals surface area contributed by atoms with E-state index in [1.807, 2.05) is 0 Å². The lowest BCUT2D eigenvalue weighted by Crippen LogP contribution is -2.36. The molecule has 0 saturated heterocycles. The van der Waals surface area contributed by atoms with Crippen molar-refractivity contribution in [3.05, 3.63) is 39.9 Å². The molecule has 1 amide bonds. The van der Waals surface area contributed by atoms with Gasteiger partial charge in [-0.3, -0.25) is 19.7 Å². The number of amides is 1. The number of ether oxygens (including phenoxy) is 1. The molecule has 0 aliphatic heterocycles. The standard InChI is InChI=1S/C12H14N2O5/c1-3-13(8-11(15)19-2)12(16)9-4-6-10(7-5-9)14(17)18/h4-7H,3,8H2,1-2H3. The quantitative estimate of drug-likeness (QED) is 0.454. The maximum absolute atomic E-state index is 12.1. The van der Waals surface area contributed by atoms with Gasteiger partial charge in [-0.05, 0) is 19.1 Å². The highest BCUT2D eigenvalue weighted by Gasteiger charge is 2.18. The third kappa shape index (κ3) is 3.77. The van der Waals surface area contributed by atoms with Gasteiger partial charge in [0.15, 0.2) is 0 Å². The van der Waals surface area contributed by atoms with Gasteiger partial charge < -0.3 is 9.64 Å². The number of benzene rings is 1. The van der Waals surface area contributed by atoms with Crippen molar-refractivity contribution in [1.29, 1.82) is 0 Å². The van der Waals surface area contributed by atoms with Gasteiger partial charge in [-0.1, -0.05) is 0 Å². The van der Waals surface area contributed by atoms with E-state index in [0.717, 1.165) is 0 Å². The molecule has 102 valence electrons. The molecule has 0 radical (unpaired) electrons. The van der Waals surface area contributed by atoms with Crippen LogP contribution in [0.4, 0.5) is 5.69 Å². The first-order chi connectivity index (χ1) is 8.99. The Labute approximate surface area is 109 Å². The highest BCUT2D eigenvalue weighted by atomic mass is 16.6. The number of likely N-dealkylation sites (N-methyl/N-ethyl adjacent to an activating group) is 1. The molecule has 0 heterocycles. The number of rotatable bonds is 5. The van der Waals surface area contributed by atoms with E-state index in [1.54, 1.807) is 6.92 Å². The van der Waals surface area contributed by atoms with E-state index >= 15 is 0 Å². The van der Waals surface area contributed by atoms with Crippen LogP contribution in [0.15, 0.2) is 24.3 Å². The van der Waals surface area contributed by atoms with E-state index in [-0.39, 0.29) is 23.7 Å². The molecule has 0 saturated carbocycles. The smallest absolute Gasteiger partial charge is 0.325 e. The van der Waals surface area contributed by atoms with Gasteiger partial charge in [0.05, 0.1) is 12.0 Å². The zero-order valence-corrected chi connectivity index (χ0v) is 10.7. The van der Waals surface area contributed by atoms with Crippen LogP contribution in [-0.4, -0.2) is 41.9 Å². The van der Waals surface area contributed by atoms with Gasteiger partial charge >= 0.3 is 5.97 Å². The molecule has 0 fully saturated rings. The largest absolute Gasteiger partial charge is 0.468 e. The molecular formula is C12H14N2O5. The van der Waals surface area contributed by atoms with Gasteiger partial charge in [0, 0.05) is 24.2 Å². The molecule has 0 aromatic heterocycles. The molecule has 0 unspecified atom stereocenters. The normalized spacial score (nSPS) is 9.79. The molecule has 1 aromatic carbocycles. The van der Waals surface area contributed by atoms with Crippen LogP contribution in [-0.2, 0) is 9.53 Å². The fourth-order valence-corrected chi connectivity index (χ4v) is 1.46. The van der Waals surface area contributed by atoms with E-state index < -0.39 is 10.9 Å². The summed E-state index contributed by atoms with van der Waals surface area (Å²) in [6.07, 6.45) is 0. The molecule has 1 rings (SSSR count). The van der Waals surface area contributed by atoms with Gasteiger partial charge in [0.2, 0.25) is 0 Å². The minimum absolute atomic E-state index is 0.0902. The summed E-state index contributed by atoms with van der Waals surface area (Å²) in [4.78, 5) is 34.5. The van der Waals surface area contributed by atoms with Crippen LogP contribution in [0.5, 0.6) is 0 Å². The monoisotopic (exact) mass is 266 g/mol. The Morgan fingerprint density at radius 3 is 2.32 bits per heavy atom. The van der Waals surface area contributed by atoms with Crippen molar-refractivity contribution in [3.8, 4) is 0 Å². The number of non-ortho nitro benzene ring substituents is 1. The molecule has 7 heteroatoms. The molecule has 0 aliphatic rings. The summed E-state index contributed by atoms with van der Waals surface area (Å²) < 4.78 is 4.50. The number of methoxy groups -OCH3 is 1. The van der Waals surface area contributed by atoms with Gasteiger partial charge in [-0.15, -0.1) is 0 Å². The van der Waals surface area contributed by atoms with Crippen molar-refractivity contribution in [2.45, 2.75) is 6.92 Å². The second-order valence-corrected chi connectivity index (χ2v) is 3.70. The van der Waals surface area contributed by atoms with Crippen LogP contribution in [0.3, 0.4) is 0 Å². The number of hydrogen-bond donors (Lipinski definition) is 0. The fourth-order valence-electron chi connectivity index (χ4n) is 1.46. The third-order valence-corrected chi connectivity index (χ3v) is 2.54. The van der Waals surface area contributed by atoms with Gasteiger partial charge in [0.25, 0.3) is 11.6 Å². The van der Waals surface area contributed by atoms with Gasteiger partial charge in [-0.2, -0.15) is 0 Å². The van der Waals surface area contributed by atoms with Crippen molar-refractivity contribution in [3.63, 3.8) is 0 Å². The van der Waals surface area contributed by atoms with E-state index in [1.165, 1.54) is 36.3 Å². The zero-order valence-electron chi connectivity index (χ0n) is 10.7. The summed E-state index contributed by atoms with van der Waals surface area (Å²) in [7, 11) is 1.24. The van der Waals surface area contributed by atoms with E-state index in [2.05, 4.69) is 4.74 Å². The Bertz CT molecular complexity index is 483. The predicted molar refractivity (Wildman–Crippen MR) is 66.7 cm³/mol. The van der Waals surface area contributed by atoms with Gasteiger partial charge in [0.1, 0.15) is 6.54 Å². The first-order valence-corrected chi connectivity index (χ1v) is 5.60. The van der Waals surface area contributed by atoms with Crippen molar-refractivity contribution in [2.24, 2.45) is 0 Å². The topological polar surface area (TPSA) is 89.8 Å². The number of nitro benzene ring substituents is 1. The Morgan fingerprint density at radius 1 is 1.32 bits per heavy atom. The van der Waals surface area contributed by atoms with Crippen molar-refractivity contribution in [2.75, 3.05) is 20.2 Å². The molecule has 19 heavy (non-hydrogen) atoms. The summed E-state index contributed by atoms with van der Waals surface area (Å²) in [5.74, 6) is -0.889. The molecule has 1 aromatic rings. The second-order valence-electron chi connectivity index (χ2n) is 3.70. The SMILES string of the molecule is CCN(CC(=O)OC)C(=O)c1ccc([N+](=O)[O-])cc1. The van der Waals surface area contributed by atoms with Crippen molar-refractivity contribution >= 4 is 17.6 Å². The Hall–Kier alpha value is -2.44. The minimum atomic E-state index is -0.541. The van der Waals surface area contributed by atoms with E-state index in [9.17, 15) is 19.7 Å². The second kappa shape index (κ2) is 6.48. The van der Waals surface area contributed by atoms with Crippen molar-refractivity contribution in [1.82, 2.24) is 4.90 Å². The van der Waals surface area contributed by atoms with Crippen LogP contribution in [0.2, 0.25) is 0 Å². The first-order valence-electron chi connectivity index (χ1n) is 5.60. The van der Waals surface area contributed by atoms with Crippen molar-refractivity contribution < 1.29 is 19.2 Å². The lowest BCUT2D eigenvalue weighted by Gasteiger charge is -2.19. The summed E-state index contributed by atoms with van der Waals surface area (Å²) >= 11 is 0. The maximum Gasteiger partial charge on any atom is 0.325 e. The third-order valence-electron chi connectivity index (χ3n) is 2.54. The summed E-state index contributed by atoms with van der Waals surface area (Å²) in [6.45, 7) is 1.92. The Balaban J connectivity index is 2.85. The van der Waals surface area contributed by atoms with Crippen LogP contribution in [0.1, 0.15) is 17.3 Å². The Morgan fingerprint density at radius 2 is 1.89 bits per heavy atom. The first kappa shape index (κ1) is 14.6. The zero-order chi connectivity index (χ0) is 14.4. The summed E-state index contributed by atoms with van der Waals surface area (Å²) in [5.41, 5.74) is 0.198. The number of nitrogens with zero attached hydrogens (tertiary/aromatic N) is 2. The fraction of sp³-hybridized carbons (Fsp3) is 0.333. The average Bonchev–Trinajstić information content (AvgIpc) is 2.43. The average molecular weight is 266 g/mol. The van der Waals surface area contributed by atoms with Gasteiger partial charge in [-0.25, -0.2) is 0 Å². The van der Waals surface area contributed by atoms with Crippen LogP contribution >= 0.6 is 0 Å². The van der Waals surface area contributed by atoms with E-state index in [0.29, 0.717) is 6.54 Å². The summed E-state index contributed by atoms with van der Waals surface area (Å²) in [6, 6.07) is 5.22. The molecule has 7 nitrogen and oxygen atoms in total. The number of carbonyl (C=O) groups excluding carboxylic acids is 2. The summed E-state index contributed by atoms with van der Waals surface area (Å²) in [5, 5.41) is 10.5. The lowest BCUT2D eigenvalue weighted by molar-refractivity contribution is -0.384. The number of esters is 1.